The molecule has 0 aliphatic heterocycles. The number of aryl methyl sites for hydroxylation is 1. The van der Waals surface area contributed by atoms with Gasteiger partial charge in [-0.1, -0.05) is 42.0 Å². The van der Waals surface area contributed by atoms with Crippen LogP contribution in [0.25, 0.3) is 0 Å². The largest absolute Gasteiger partial charge is 0.492 e. The van der Waals surface area contributed by atoms with Crippen molar-refractivity contribution in [3.05, 3.63) is 65.2 Å². The summed E-state index contributed by atoms with van der Waals surface area (Å²) in [7, 11) is 0. The molecule has 0 unspecified atom stereocenters. The normalized spacial score (nSPS) is 11.1. The minimum atomic E-state index is -0.209. The fourth-order valence-electron chi connectivity index (χ4n) is 2.34. The lowest BCUT2D eigenvalue weighted by atomic mass is 10.1. The third-order valence-electron chi connectivity index (χ3n) is 3.79. The molecule has 2 amide bonds. The number of carbonyl (C=O) groups is 1. The quantitative estimate of drug-likeness (QED) is 0.685. The van der Waals surface area contributed by atoms with Crippen LogP contribution < -0.4 is 15.4 Å². The van der Waals surface area contributed by atoms with Gasteiger partial charge >= 0.3 is 6.03 Å². The first-order chi connectivity index (χ1) is 12.8. The first kappa shape index (κ1) is 20.8. The molecule has 2 aromatic carbocycles. The molecular weight excluding hydrogens is 340 g/mol. The van der Waals surface area contributed by atoms with Gasteiger partial charge < -0.3 is 20.1 Å². The SMILES string of the molecule is Cc1ccc(OCCNC(=O)NCc2cccc(COC(C)(C)C)c2)cc1. The zero-order chi connectivity index (χ0) is 19.7. The Bertz CT molecular complexity index is 721. The molecule has 0 atom stereocenters. The maximum absolute atomic E-state index is 11.9. The molecule has 0 fully saturated rings. The van der Waals surface area contributed by atoms with E-state index in [0.29, 0.717) is 26.3 Å². The van der Waals surface area contributed by atoms with Gasteiger partial charge in [0.2, 0.25) is 0 Å². The van der Waals surface area contributed by atoms with E-state index in [1.165, 1.54) is 5.56 Å². The molecule has 0 aromatic heterocycles. The molecule has 5 heteroatoms. The summed E-state index contributed by atoms with van der Waals surface area (Å²) in [6.07, 6.45) is 0. The minimum absolute atomic E-state index is 0.172. The summed E-state index contributed by atoms with van der Waals surface area (Å²) in [4.78, 5) is 11.9. The second kappa shape index (κ2) is 9.97. The predicted molar refractivity (Wildman–Crippen MR) is 108 cm³/mol. The Morgan fingerprint density at radius 1 is 1.00 bits per heavy atom. The van der Waals surface area contributed by atoms with E-state index in [1.807, 2.05) is 76.2 Å². The van der Waals surface area contributed by atoms with Crippen LogP contribution in [0.4, 0.5) is 4.79 Å². The number of urea groups is 1. The van der Waals surface area contributed by atoms with Gasteiger partial charge in [-0.25, -0.2) is 4.79 Å². The zero-order valence-electron chi connectivity index (χ0n) is 16.7. The van der Waals surface area contributed by atoms with E-state index in [2.05, 4.69) is 10.6 Å². The fourth-order valence-corrected chi connectivity index (χ4v) is 2.34. The molecular formula is C22H30N2O3. The Balaban J connectivity index is 1.67. The van der Waals surface area contributed by atoms with Crippen molar-refractivity contribution in [2.24, 2.45) is 0 Å². The van der Waals surface area contributed by atoms with Crippen LogP contribution in [0.5, 0.6) is 5.75 Å². The fraction of sp³-hybridized carbons (Fsp3) is 0.409. The van der Waals surface area contributed by atoms with Gasteiger partial charge in [-0.3, -0.25) is 0 Å². The molecule has 0 saturated heterocycles. The predicted octanol–water partition coefficient (Wildman–Crippen LogP) is 4.19. The summed E-state index contributed by atoms with van der Waals surface area (Å²) in [5.74, 6) is 0.803. The van der Waals surface area contributed by atoms with E-state index in [0.717, 1.165) is 16.9 Å². The summed E-state index contributed by atoms with van der Waals surface area (Å²) in [5, 5.41) is 5.65. The molecule has 0 aliphatic rings. The average molecular weight is 370 g/mol. The highest BCUT2D eigenvalue weighted by Gasteiger charge is 2.10. The van der Waals surface area contributed by atoms with Crippen molar-refractivity contribution in [3.63, 3.8) is 0 Å². The average Bonchev–Trinajstić information content (AvgIpc) is 2.63. The van der Waals surface area contributed by atoms with Crippen LogP contribution in [0.2, 0.25) is 0 Å². The molecule has 0 radical (unpaired) electrons. The first-order valence-electron chi connectivity index (χ1n) is 9.25. The van der Waals surface area contributed by atoms with Gasteiger partial charge in [0.15, 0.2) is 0 Å². The van der Waals surface area contributed by atoms with Crippen LogP contribution in [0.1, 0.15) is 37.5 Å². The summed E-state index contributed by atoms with van der Waals surface area (Å²) in [6.45, 7) is 10.0. The van der Waals surface area contributed by atoms with Crippen LogP contribution in [0.15, 0.2) is 48.5 Å². The van der Waals surface area contributed by atoms with Gasteiger partial charge in [0.25, 0.3) is 0 Å². The highest BCUT2D eigenvalue weighted by atomic mass is 16.5. The molecule has 5 nitrogen and oxygen atoms in total. The van der Waals surface area contributed by atoms with Gasteiger partial charge in [0.1, 0.15) is 12.4 Å². The summed E-state index contributed by atoms with van der Waals surface area (Å²) in [5.41, 5.74) is 3.15. The van der Waals surface area contributed by atoms with Gasteiger partial charge in [-0.05, 0) is 51.0 Å². The number of benzene rings is 2. The van der Waals surface area contributed by atoms with Crippen molar-refractivity contribution in [2.75, 3.05) is 13.2 Å². The van der Waals surface area contributed by atoms with Crippen LogP contribution in [-0.2, 0) is 17.9 Å². The summed E-state index contributed by atoms with van der Waals surface area (Å²) >= 11 is 0. The van der Waals surface area contributed by atoms with E-state index in [1.54, 1.807) is 0 Å². The summed E-state index contributed by atoms with van der Waals surface area (Å²) < 4.78 is 11.4. The van der Waals surface area contributed by atoms with Crippen molar-refractivity contribution in [1.82, 2.24) is 10.6 Å². The van der Waals surface area contributed by atoms with Crippen molar-refractivity contribution in [2.45, 2.75) is 46.4 Å². The van der Waals surface area contributed by atoms with Crippen molar-refractivity contribution >= 4 is 6.03 Å². The number of amides is 2. The van der Waals surface area contributed by atoms with Crippen molar-refractivity contribution < 1.29 is 14.3 Å². The number of hydrogen-bond donors (Lipinski definition) is 2. The molecule has 0 heterocycles. The minimum Gasteiger partial charge on any atom is -0.492 e. The smallest absolute Gasteiger partial charge is 0.315 e. The topological polar surface area (TPSA) is 59.6 Å². The Morgan fingerprint density at radius 3 is 2.41 bits per heavy atom. The molecule has 0 spiro atoms. The van der Waals surface area contributed by atoms with Crippen LogP contribution in [0.3, 0.4) is 0 Å². The van der Waals surface area contributed by atoms with Gasteiger partial charge in [-0.15, -0.1) is 0 Å². The van der Waals surface area contributed by atoms with E-state index in [9.17, 15) is 4.79 Å². The molecule has 0 bridgehead atoms. The van der Waals surface area contributed by atoms with Crippen LogP contribution >= 0.6 is 0 Å². The van der Waals surface area contributed by atoms with E-state index < -0.39 is 0 Å². The third-order valence-corrected chi connectivity index (χ3v) is 3.79. The lowest BCUT2D eigenvalue weighted by Crippen LogP contribution is -2.37. The number of hydrogen-bond acceptors (Lipinski definition) is 3. The van der Waals surface area contributed by atoms with E-state index in [4.69, 9.17) is 9.47 Å². The second-order valence-corrected chi connectivity index (χ2v) is 7.49. The Labute approximate surface area is 162 Å². The monoisotopic (exact) mass is 370 g/mol. The number of rotatable bonds is 8. The molecule has 2 aromatic rings. The van der Waals surface area contributed by atoms with Gasteiger partial charge in [0.05, 0.1) is 18.8 Å². The number of nitrogens with one attached hydrogen (secondary N) is 2. The standard InChI is InChI=1S/C22H30N2O3/c1-17-8-10-20(11-9-17)26-13-12-23-21(25)24-15-18-6-5-7-19(14-18)16-27-22(2,3)4/h5-11,14H,12-13,15-16H2,1-4H3,(H2,23,24,25). The molecule has 146 valence electrons. The van der Waals surface area contributed by atoms with Crippen molar-refractivity contribution in [1.29, 1.82) is 0 Å². The molecule has 0 aliphatic carbocycles. The second-order valence-electron chi connectivity index (χ2n) is 7.49. The van der Waals surface area contributed by atoms with Crippen LogP contribution in [0, 0.1) is 6.92 Å². The summed E-state index contributed by atoms with van der Waals surface area (Å²) in [6, 6.07) is 15.7. The lowest BCUT2D eigenvalue weighted by molar-refractivity contribution is -0.0149. The third kappa shape index (κ3) is 8.60. The molecule has 0 saturated carbocycles. The highest BCUT2D eigenvalue weighted by molar-refractivity contribution is 5.73. The molecule has 27 heavy (non-hydrogen) atoms. The van der Waals surface area contributed by atoms with Crippen LogP contribution in [-0.4, -0.2) is 24.8 Å². The first-order valence-corrected chi connectivity index (χ1v) is 9.25. The number of ether oxygens (including phenoxy) is 2. The van der Waals surface area contributed by atoms with Crippen molar-refractivity contribution in [3.8, 4) is 5.75 Å². The molecule has 2 rings (SSSR count). The highest BCUT2D eigenvalue weighted by Crippen LogP contribution is 2.13. The molecule has 2 N–H and O–H groups in total. The van der Waals surface area contributed by atoms with Gasteiger partial charge in [0, 0.05) is 6.54 Å². The maximum atomic E-state index is 11.9. The Kier molecular flexibility index (Phi) is 7.67. The maximum Gasteiger partial charge on any atom is 0.315 e. The van der Waals surface area contributed by atoms with Gasteiger partial charge in [-0.2, -0.15) is 0 Å². The zero-order valence-corrected chi connectivity index (χ0v) is 16.7. The Hall–Kier alpha value is -2.53. The number of carbonyl (C=O) groups excluding carboxylic acids is 1. The van der Waals surface area contributed by atoms with E-state index >= 15 is 0 Å². The van der Waals surface area contributed by atoms with E-state index in [-0.39, 0.29) is 11.6 Å². The lowest BCUT2D eigenvalue weighted by Gasteiger charge is -2.19. The Morgan fingerprint density at radius 2 is 1.70 bits per heavy atom.